The first-order valence-corrected chi connectivity index (χ1v) is 8.18. The number of benzene rings is 2. The lowest BCUT2D eigenvalue weighted by atomic mass is 10.1. The van der Waals surface area contributed by atoms with Gasteiger partial charge in [-0.15, -0.1) is 0 Å². The zero-order valence-electron chi connectivity index (χ0n) is 14.9. The predicted octanol–water partition coefficient (Wildman–Crippen LogP) is 2.37. The van der Waals surface area contributed by atoms with Crippen molar-refractivity contribution in [1.29, 1.82) is 0 Å². The molecule has 7 heteroatoms. The Bertz CT molecular complexity index is 921. The summed E-state index contributed by atoms with van der Waals surface area (Å²) in [6.45, 7) is 0.0654. The van der Waals surface area contributed by atoms with E-state index in [0.29, 0.717) is 17.1 Å². The van der Waals surface area contributed by atoms with Crippen molar-refractivity contribution in [3.8, 4) is 11.5 Å². The topological polar surface area (TPSA) is 84.9 Å². The van der Waals surface area contributed by atoms with Gasteiger partial charge >= 0.3 is 6.03 Å². The number of rotatable bonds is 5. The van der Waals surface area contributed by atoms with Crippen LogP contribution in [0.1, 0.15) is 11.1 Å². The summed E-state index contributed by atoms with van der Waals surface area (Å²) >= 11 is 0. The highest BCUT2D eigenvalue weighted by atomic mass is 16.5. The number of barbiturate groups is 1. The molecule has 0 spiro atoms. The zero-order chi connectivity index (χ0) is 19.4. The maximum Gasteiger partial charge on any atom is 0.331 e. The maximum atomic E-state index is 12.8. The van der Waals surface area contributed by atoms with E-state index in [-0.39, 0.29) is 12.1 Å². The molecule has 1 fully saturated rings. The molecule has 1 aliphatic rings. The Hall–Kier alpha value is -3.61. The molecule has 1 aliphatic heterocycles. The number of nitrogens with zero attached hydrogens (tertiary/aromatic N) is 1. The van der Waals surface area contributed by atoms with Gasteiger partial charge in [-0.2, -0.15) is 0 Å². The van der Waals surface area contributed by atoms with Crippen molar-refractivity contribution in [2.75, 3.05) is 14.2 Å². The smallest absolute Gasteiger partial charge is 0.331 e. The minimum absolute atomic E-state index is 0.0654. The SMILES string of the molecule is COc1ccc(/C=C2\C(=O)NC(=O)N(Cc3ccccc3)C2=O)c(OC)c1. The fraction of sp³-hybridized carbons (Fsp3) is 0.150. The van der Waals surface area contributed by atoms with Gasteiger partial charge in [-0.05, 0) is 23.8 Å². The zero-order valence-corrected chi connectivity index (χ0v) is 14.9. The largest absolute Gasteiger partial charge is 0.497 e. The molecule has 0 unspecified atom stereocenters. The summed E-state index contributed by atoms with van der Waals surface area (Å²) in [6.07, 6.45) is 1.40. The second kappa shape index (κ2) is 7.74. The number of ether oxygens (including phenoxy) is 2. The molecule has 0 saturated carbocycles. The third-order valence-corrected chi connectivity index (χ3v) is 4.11. The lowest BCUT2D eigenvalue weighted by Gasteiger charge is -2.26. The standard InChI is InChI=1S/C20H18N2O5/c1-26-15-9-8-14(17(11-15)27-2)10-16-18(23)21-20(25)22(19(16)24)12-13-6-4-3-5-7-13/h3-11H,12H2,1-2H3,(H,21,23,25)/b16-10+. The van der Waals surface area contributed by atoms with Crippen LogP contribution in [0.25, 0.3) is 6.08 Å². The third kappa shape index (κ3) is 3.82. The van der Waals surface area contributed by atoms with Crippen molar-refractivity contribution in [3.63, 3.8) is 0 Å². The van der Waals surface area contributed by atoms with Crippen LogP contribution in [0, 0.1) is 0 Å². The van der Waals surface area contributed by atoms with Gasteiger partial charge in [-0.25, -0.2) is 4.79 Å². The summed E-state index contributed by atoms with van der Waals surface area (Å²) < 4.78 is 10.4. The molecular weight excluding hydrogens is 348 g/mol. The van der Waals surface area contributed by atoms with Gasteiger partial charge in [0, 0.05) is 11.6 Å². The van der Waals surface area contributed by atoms with Crippen molar-refractivity contribution in [2.45, 2.75) is 6.54 Å². The molecular formula is C20H18N2O5. The number of carbonyl (C=O) groups excluding carboxylic acids is 3. The molecule has 0 aliphatic carbocycles. The molecule has 0 bridgehead atoms. The molecule has 3 rings (SSSR count). The monoisotopic (exact) mass is 366 g/mol. The number of hydrogen-bond donors (Lipinski definition) is 1. The van der Waals surface area contributed by atoms with E-state index in [1.54, 1.807) is 30.3 Å². The van der Waals surface area contributed by atoms with Crippen LogP contribution in [-0.2, 0) is 16.1 Å². The molecule has 1 saturated heterocycles. The van der Waals surface area contributed by atoms with Gasteiger partial charge in [0.25, 0.3) is 11.8 Å². The molecule has 0 radical (unpaired) electrons. The van der Waals surface area contributed by atoms with Gasteiger partial charge in [-0.1, -0.05) is 30.3 Å². The van der Waals surface area contributed by atoms with Gasteiger partial charge < -0.3 is 9.47 Å². The Morgan fingerprint density at radius 3 is 2.41 bits per heavy atom. The van der Waals surface area contributed by atoms with Crippen molar-refractivity contribution >= 4 is 23.9 Å². The van der Waals surface area contributed by atoms with Crippen LogP contribution in [-0.4, -0.2) is 37.0 Å². The van der Waals surface area contributed by atoms with Crippen molar-refractivity contribution in [1.82, 2.24) is 10.2 Å². The van der Waals surface area contributed by atoms with Gasteiger partial charge in [0.2, 0.25) is 0 Å². The molecule has 1 N–H and O–H groups in total. The maximum absolute atomic E-state index is 12.8. The lowest BCUT2D eigenvalue weighted by molar-refractivity contribution is -0.130. The van der Waals surface area contributed by atoms with E-state index in [1.165, 1.54) is 20.3 Å². The summed E-state index contributed by atoms with van der Waals surface area (Å²) in [7, 11) is 3.00. The van der Waals surface area contributed by atoms with Gasteiger partial charge in [-0.3, -0.25) is 19.8 Å². The van der Waals surface area contributed by atoms with E-state index in [4.69, 9.17) is 9.47 Å². The number of imide groups is 2. The molecule has 138 valence electrons. The van der Waals surface area contributed by atoms with E-state index < -0.39 is 17.8 Å². The van der Waals surface area contributed by atoms with Gasteiger partial charge in [0.15, 0.2) is 0 Å². The molecule has 2 aromatic carbocycles. The molecule has 4 amide bonds. The summed E-state index contributed by atoms with van der Waals surface area (Å²) in [6, 6.07) is 13.3. The number of methoxy groups -OCH3 is 2. The minimum atomic E-state index is -0.743. The molecule has 0 aromatic heterocycles. The van der Waals surface area contributed by atoms with Crippen LogP contribution in [0.2, 0.25) is 0 Å². The van der Waals surface area contributed by atoms with Crippen LogP contribution < -0.4 is 14.8 Å². The summed E-state index contributed by atoms with van der Waals surface area (Å²) in [4.78, 5) is 38.1. The molecule has 7 nitrogen and oxygen atoms in total. The average molecular weight is 366 g/mol. The summed E-state index contributed by atoms with van der Waals surface area (Å²) in [5.41, 5.74) is 1.15. The second-order valence-corrected chi connectivity index (χ2v) is 5.80. The second-order valence-electron chi connectivity index (χ2n) is 5.80. The number of amides is 4. The Morgan fingerprint density at radius 2 is 1.74 bits per heavy atom. The van der Waals surface area contributed by atoms with Gasteiger partial charge in [0.1, 0.15) is 17.1 Å². The first kappa shape index (κ1) is 18.2. The molecule has 2 aromatic rings. The van der Waals surface area contributed by atoms with E-state index in [1.807, 2.05) is 18.2 Å². The highest BCUT2D eigenvalue weighted by molar-refractivity contribution is 6.31. The molecule has 1 heterocycles. The number of hydrogen-bond acceptors (Lipinski definition) is 5. The van der Waals surface area contributed by atoms with Crippen LogP contribution >= 0.6 is 0 Å². The Balaban J connectivity index is 1.94. The first-order valence-electron chi connectivity index (χ1n) is 8.18. The first-order chi connectivity index (χ1) is 13.0. The van der Waals surface area contributed by atoms with Gasteiger partial charge in [0.05, 0.1) is 20.8 Å². The number of urea groups is 1. The highest BCUT2D eigenvalue weighted by Gasteiger charge is 2.35. The summed E-state index contributed by atoms with van der Waals surface area (Å²) in [5, 5.41) is 2.20. The fourth-order valence-corrected chi connectivity index (χ4v) is 2.70. The van der Waals surface area contributed by atoms with Crippen molar-refractivity contribution in [2.24, 2.45) is 0 Å². The van der Waals surface area contributed by atoms with E-state index in [2.05, 4.69) is 5.32 Å². The average Bonchev–Trinajstić information content (AvgIpc) is 2.69. The molecule has 27 heavy (non-hydrogen) atoms. The number of carbonyl (C=O) groups is 3. The van der Waals surface area contributed by atoms with E-state index >= 15 is 0 Å². The lowest BCUT2D eigenvalue weighted by Crippen LogP contribution is -2.53. The molecule has 0 atom stereocenters. The van der Waals surface area contributed by atoms with Crippen molar-refractivity contribution < 1.29 is 23.9 Å². The van der Waals surface area contributed by atoms with Crippen LogP contribution in [0.4, 0.5) is 4.79 Å². The van der Waals surface area contributed by atoms with Crippen molar-refractivity contribution in [3.05, 3.63) is 65.2 Å². The predicted molar refractivity (Wildman–Crippen MR) is 98.1 cm³/mol. The normalized spacial score (nSPS) is 15.7. The van der Waals surface area contributed by atoms with Crippen LogP contribution in [0.3, 0.4) is 0 Å². The van der Waals surface area contributed by atoms with Crippen LogP contribution in [0.15, 0.2) is 54.1 Å². The number of nitrogens with one attached hydrogen (secondary N) is 1. The third-order valence-electron chi connectivity index (χ3n) is 4.11. The Labute approximate surface area is 156 Å². The highest BCUT2D eigenvalue weighted by Crippen LogP contribution is 2.27. The van der Waals surface area contributed by atoms with Crippen LogP contribution in [0.5, 0.6) is 11.5 Å². The Kier molecular flexibility index (Phi) is 5.21. The van der Waals surface area contributed by atoms with E-state index in [0.717, 1.165) is 10.5 Å². The van der Waals surface area contributed by atoms with E-state index in [9.17, 15) is 14.4 Å². The minimum Gasteiger partial charge on any atom is -0.497 e. The fourth-order valence-electron chi connectivity index (χ4n) is 2.70. The quantitative estimate of drug-likeness (QED) is 0.649. The summed E-state index contributed by atoms with van der Waals surface area (Å²) in [5.74, 6) is -0.388. The Morgan fingerprint density at radius 1 is 1.00 bits per heavy atom.